The summed E-state index contributed by atoms with van der Waals surface area (Å²) in [6.45, 7) is 5.61. The molecule has 2 N–H and O–H groups in total. The fraction of sp³-hybridized carbons (Fsp3) is 0.520. The van der Waals surface area contributed by atoms with Crippen LogP contribution in [0.15, 0.2) is 48.5 Å². The SMILES string of the molecule is CCCS(=O)(=O)ONC(C)c1ccc(OCCCOc2ccc(C(NOS(=O)(=O)CCC)C(F)(F)F)cc2)cc1. The lowest BCUT2D eigenvalue weighted by atomic mass is 10.1. The van der Waals surface area contributed by atoms with Gasteiger partial charge in [-0.3, -0.25) is 0 Å². The van der Waals surface area contributed by atoms with Gasteiger partial charge in [-0.05, 0) is 55.2 Å². The molecule has 40 heavy (non-hydrogen) atoms. The number of alkyl halides is 3. The summed E-state index contributed by atoms with van der Waals surface area (Å²) in [6, 6.07) is 9.35. The quantitative estimate of drug-likeness (QED) is 0.180. The van der Waals surface area contributed by atoms with Crippen molar-refractivity contribution in [1.82, 2.24) is 11.0 Å². The highest BCUT2D eigenvalue weighted by molar-refractivity contribution is 7.86. The molecule has 2 rings (SSSR count). The number of rotatable bonds is 18. The maximum atomic E-state index is 13.4. The van der Waals surface area contributed by atoms with E-state index in [9.17, 15) is 30.0 Å². The first-order valence-electron chi connectivity index (χ1n) is 12.6. The van der Waals surface area contributed by atoms with Crippen molar-refractivity contribution in [2.75, 3.05) is 24.7 Å². The molecule has 2 aromatic rings. The number of halogens is 3. The molecule has 226 valence electrons. The lowest BCUT2D eigenvalue weighted by molar-refractivity contribution is -0.174. The van der Waals surface area contributed by atoms with Crippen molar-refractivity contribution in [3.8, 4) is 11.5 Å². The van der Waals surface area contributed by atoms with E-state index in [1.54, 1.807) is 50.5 Å². The predicted molar refractivity (Wildman–Crippen MR) is 142 cm³/mol. The van der Waals surface area contributed by atoms with Crippen molar-refractivity contribution in [2.45, 2.75) is 58.3 Å². The predicted octanol–water partition coefficient (Wildman–Crippen LogP) is 4.72. The second-order valence-corrected chi connectivity index (χ2v) is 12.2. The lowest BCUT2D eigenvalue weighted by Gasteiger charge is -2.21. The van der Waals surface area contributed by atoms with E-state index in [-0.39, 0.29) is 30.4 Å². The van der Waals surface area contributed by atoms with Gasteiger partial charge in [-0.25, -0.2) is 0 Å². The minimum absolute atomic E-state index is 0.0760. The van der Waals surface area contributed by atoms with E-state index in [0.29, 0.717) is 30.9 Å². The van der Waals surface area contributed by atoms with Gasteiger partial charge in [-0.2, -0.15) is 49.5 Å². The Kier molecular flexibility index (Phi) is 13.1. The molecule has 0 radical (unpaired) electrons. The van der Waals surface area contributed by atoms with Crippen LogP contribution in [0.5, 0.6) is 11.5 Å². The minimum atomic E-state index is -4.79. The van der Waals surface area contributed by atoms with E-state index in [4.69, 9.17) is 13.8 Å². The highest BCUT2D eigenvalue weighted by Gasteiger charge is 2.42. The van der Waals surface area contributed by atoms with Gasteiger partial charge < -0.3 is 9.47 Å². The Hall–Kier alpha value is -2.43. The van der Waals surface area contributed by atoms with Crippen LogP contribution >= 0.6 is 0 Å². The van der Waals surface area contributed by atoms with Crippen LogP contribution in [-0.4, -0.2) is 47.7 Å². The summed E-state index contributed by atoms with van der Waals surface area (Å²) >= 11 is 0. The van der Waals surface area contributed by atoms with Gasteiger partial charge >= 0.3 is 6.18 Å². The van der Waals surface area contributed by atoms with Crippen LogP contribution < -0.4 is 20.4 Å². The largest absolute Gasteiger partial charge is 0.493 e. The topological polar surface area (TPSA) is 129 Å². The Bertz CT molecular complexity index is 1240. The number of nitrogens with one attached hydrogen (secondary N) is 2. The van der Waals surface area contributed by atoms with Crippen LogP contribution in [0, 0.1) is 0 Å². The molecule has 0 heterocycles. The van der Waals surface area contributed by atoms with Crippen LogP contribution in [0.4, 0.5) is 13.2 Å². The molecule has 0 aromatic heterocycles. The van der Waals surface area contributed by atoms with Gasteiger partial charge in [0.1, 0.15) is 11.5 Å². The number of ether oxygens (including phenoxy) is 2. The molecule has 0 spiro atoms. The zero-order valence-corrected chi connectivity index (χ0v) is 24.1. The number of hydrogen-bond donors (Lipinski definition) is 2. The third-order valence-electron chi connectivity index (χ3n) is 5.30. The first kappa shape index (κ1) is 33.8. The first-order chi connectivity index (χ1) is 18.8. The smallest absolute Gasteiger partial charge is 0.410 e. The summed E-state index contributed by atoms with van der Waals surface area (Å²) in [6.07, 6.45) is -3.66. The van der Waals surface area contributed by atoms with Crippen molar-refractivity contribution < 1.29 is 48.0 Å². The van der Waals surface area contributed by atoms with Gasteiger partial charge in [0.25, 0.3) is 20.2 Å². The van der Waals surface area contributed by atoms with E-state index in [1.807, 2.05) is 0 Å². The molecule has 0 saturated carbocycles. The highest BCUT2D eigenvalue weighted by atomic mass is 32.2. The lowest BCUT2D eigenvalue weighted by Crippen LogP contribution is -2.36. The number of hydroxylamine groups is 2. The normalized spacial score (nSPS) is 14.1. The van der Waals surface area contributed by atoms with Gasteiger partial charge in [0, 0.05) is 6.42 Å². The Morgan fingerprint density at radius 1 is 0.725 bits per heavy atom. The number of hydrogen-bond acceptors (Lipinski definition) is 10. The molecule has 2 atom stereocenters. The van der Waals surface area contributed by atoms with Gasteiger partial charge in [0.15, 0.2) is 6.04 Å². The fourth-order valence-corrected chi connectivity index (χ4v) is 4.99. The van der Waals surface area contributed by atoms with E-state index in [2.05, 4.69) is 9.76 Å². The summed E-state index contributed by atoms with van der Waals surface area (Å²) in [5.41, 5.74) is 4.69. The van der Waals surface area contributed by atoms with Crippen LogP contribution in [0.3, 0.4) is 0 Å². The third-order valence-corrected chi connectivity index (χ3v) is 7.82. The van der Waals surface area contributed by atoms with Gasteiger partial charge in [0.05, 0.1) is 30.8 Å². The Morgan fingerprint density at radius 2 is 1.15 bits per heavy atom. The monoisotopic (exact) mass is 612 g/mol. The molecule has 0 saturated heterocycles. The third kappa shape index (κ3) is 12.0. The van der Waals surface area contributed by atoms with Crippen molar-refractivity contribution in [1.29, 1.82) is 0 Å². The van der Waals surface area contributed by atoms with E-state index in [0.717, 1.165) is 5.56 Å². The maximum Gasteiger partial charge on any atom is 0.410 e. The van der Waals surface area contributed by atoms with Crippen molar-refractivity contribution in [3.05, 3.63) is 59.7 Å². The van der Waals surface area contributed by atoms with Crippen LogP contribution in [0.25, 0.3) is 0 Å². The molecule has 2 aromatic carbocycles. The second-order valence-electron chi connectivity index (χ2n) is 8.81. The van der Waals surface area contributed by atoms with Gasteiger partial charge in [-0.15, -0.1) is 0 Å². The zero-order chi connectivity index (χ0) is 29.8. The Morgan fingerprint density at radius 3 is 1.57 bits per heavy atom. The van der Waals surface area contributed by atoms with Gasteiger partial charge in [0.2, 0.25) is 0 Å². The molecular formula is C25H35F3N2O8S2. The molecule has 15 heteroatoms. The second kappa shape index (κ2) is 15.5. The molecule has 0 aliphatic rings. The molecule has 0 amide bonds. The fourth-order valence-electron chi connectivity index (χ4n) is 3.29. The Balaban J connectivity index is 1.78. The van der Waals surface area contributed by atoms with Crippen molar-refractivity contribution in [2.24, 2.45) is 0 Å². The molecule has 0 bridgehead atoms. The summed E-state index contributed by atoms with van der Waals surface area (Å²) in [5, 5.41) is 0. The van der Waals surface area contributed by atoms with Crippen LogP contribution in [-0.2, 0) is 28.8 Å². The summed E-state index contributed by atoms with van der Waals surface area (Å²) < 4.78 is 107. The molecule has 10 nitrogen and oxygen atoms in total. The average Bonchev–Trinajstić information content (AvgIpc) is 2.87. The zero-order valence-electron chi connectivity index (χ0n) is 22.4. The maximum absolute atomic E-state index is 13.4. The molecule has 0 aliphatic heterocycles. The molecule has 0 fully saturated rings. The summed E-state index contributed by atoms with van der Waals surface area (Å²) in [5.74, 6) is 0.436. The molecule has 0 aliphatic carbocycles. The molecular weight excluding hydrogens is 577 g/mol. The highest BCUT2D eigenvalue weighted by Crippen LogP contribution is 2.33. The van der Waals surface area contributed by atoms with E-state index >= 15 is 0 Å². The van der Waals surface area contributed by atoms with Crippen molar-refractivity contribution >= 4 is 20.2 Å². The van der Waals surface area contributed by atoms with Gasteiger partial charge in [-0.1, -0.05) is 38.1 Å². The summed E-state index contributed by atoms with van der Waals surface area (Å²) in [7, 11) is -7.75. The molecule has 2 unspecified atom stereocenters. The average molecular weight is 613 g/mol. The first-order valence-corrected chi connectivity index (χ1v) is 15.8. The Labute approximate surface area is 233 Å². The standard InChI is InChI=1S/C25H35F3N2O8S2/c1-4-17-39(31,32)37-29-19(3)20-7-11-22(12-8-20)35-15-6-16-36-23-13-9-21(10-14-23)24(25(26,27)28)30-38-40(33,34)18-5-2/h7-14,19,24,29-30H,4-6,15-18H2,1-3H3. The van der Waals surface area contributed by atoms with E-state index in [1.165, 1.54) is 24.3 Å². The number of benzene rings is 2. The van der Waals surface area contributed by atoms with Crippen molar-refractivity contribution in [3.63, 3.8) is 0 Å². The van der Waals surface area contributed by atoms with Crippen LogP contribution in [0.1, 0.15) is 63.2 Å². The van der Waals surface area contributed by atoms with E-state index < -0.39 is 38.2 Å². The minimum Gasteiger partial charge on any atom is -0.493 e. The summed E-state index contributed by atoms with van der Waals surface area (Å²) in [4.78, 5) is 0. The van der Waals surface area contributed by atoms with Crippen LogP contribution in [0.2, 0.25) is 0 Å².